The zero-order valence-electron chi connectivity index (χ0n) is 16.2. The number of benzene rings is 1. The van der Waals surface area contributed by atoms with Crippen molar-refractivity contribution >= 4 is 0 Å². The molecule has 0 unspecified atom stereocenters. The van der Waals surface area contributed by atoms with Crippen LogP contribution in [0.3, 0.4) is 0 Å². The van der Waals surface area contributed by atoms with E-state index in [2.05, 4.69) is 32.1 Å². The van der Waals surface area contributed by atoms with E-state index in [0.717, 1.165) is 37.7 Å². The van der Waals surface area contributed by atoms with Gasteiger partial charge in [-0.3, -0.25) is 0 Å². The standard InChI is InChI=1S/C23H30N2O/c1-3-5-15-26-21-7-6-20(18(16-24)19(21)17-25)23-12-9-22(8-4-2,10-13-23)11-14-23/h6-7H,3-5,8-15H2,1-2H3. The van der Waals surface area contributed by atoms with Crippen molar-refractivity contribution in [2.75, 3.05) is 6.61 Å². The highest BCUT2D eigenvalue weighted by molar-refractivity contribution is 5.60. The minimum atomic E-state index is 0.0914. The molecule has 3 saturated carbocycles. The first-order valence-corrected chi connectivity index (χ1v) is 10.2. The van der Waals surface area contributed by atoms with Crippen LogP contribution in [0.1, 0.15) is 94.7 Å². The molecule has 1 aromatic rings. The molecule has 0 spiro atoms. The van der Waals surface area contributed by atoms with Gasteiger partial charge >= 0.3 is 0 Å². The maximum Gasteiger partial charge on any atom is 0.138 e. The van der Waals surface area contributed by atoms with Gasteiger partial charge in [0.2, 0.25) is 0 Å². The van der Waals surface area contributed by atoms with Gasteiger partial charge in [-0.15, -0.1) is 0 Å². The van der Waals surface area contributed by atoms with E-state index in [1.54, 1.807) is 0 Å². The minimum Gasteiger partial charge on any atom is -0.492 e. The van der Waals surface area contributed by atoms with Crippen LogP contribution in [0.25, 0.3) is 0 Å². The molecule has 1 aromatic carbocycles. The maximum absolute atomic E-state index is 9.86. The van der Waals surface area contributed by atoms with E-state index >= 15 is 0 Å². The Labute approximate surface area is 158 Å². The number of nitriles is 2. The van der Waals surface area contributed by atoms with Crippen LogP contribution >= 0.6 is 0 Å². The van der Waals surface area contributed by atoms with Crippen molar-refractivity contribution in [3.8, 4) is 17.9 Å². The fraction of sp³-hybridized carbons (Fsp3) is 0.652. The van der Waals surface area contributed by atoms with E-state index in [0.29, 0.717) is 28.9 Å². The first-order chi connectivity index (χ1) is 12.6. The van der Waals surface area contributed by atoms with Crippen molar-refractivity contribution in [2.24, 2.45) is 5.41 Å². The Morgan fingerprint density at radius 3 is 2.12 bits per heavy atom. The lowest BCUT2D eigenvalue weighted by molar-refractivity contribution is 0.0318. The molecule has 26 heavy (non-hydrogen) atoms. The molecule has 0 aromatic heterocycles. The lowest BCUT2D eigenvalue weighted by atomic mass is 9.50. The van der Waals surface area contributed by atoms with Gasteiger partial charge in [-0.1, -0.05) is 32.8 Å². The first kappa shape index (κ1) is 18.8. The smallest absolute Gasteiger partial charge is 0.138 e. The van der Waals surface area contributed by atoms with Crippen LogP contribution < -0.4 is 4.74 Å². The van der Waals surface area contributed by atoms with Crippen LogP contribution in [0.15, 0.2) is 12.1 Å². The van der Waals surface area contributed by atoms with E-state index in [4.69, 9.17) is 4.74 Å². The molecule has 3 nitrogen and oxygen atoms in total. The Morgan fingerprint density at radius 2 is 1.58 bits per heavy atom. The molecule has 0 heterocycles. The van der Waals surface area contributed by atoms with Gasteiger partial charge in [-0.2, -0.15) is 10.5 Å². The van der Waals surface area contributed by atoms with Crippen LogP contribution in [0.4, 0.5) is 0 Å². The Balaban J connectivity index is 1.92. The van der Waals surface area contributed by atoms with E-state index in [1.807, 2.05) is 6.07 Å². The van der Waals surface area contributed by atoms with Gasteiger partial charge in [-0.25, -0.2) is 0 Å². The summed E-state index contributed by atoms with van der Waals surface area (Å²) >= 11 is 0. The molecule has 3 fully saturated rings. The average molecular weight is 351 g/mol. The molecule has 0 N–H and O–H groups in total. The fourth-order valence-corrected chi connectivity index (χ4v) is 5.27. The summed E-state index contributed by atoms with van der Waals surface area (Å²) in [5.74, 6) is 0.574. The predicted octanol–water partition coefficient (Wildman–Crippen LogP) is 6.00. The Morgan fingerprint density at radius 1 is 0.923 bits per heavy atom. The van der Waals surface area contributed by atoms with Gasteiger partial charge in [0, 0.05) is 0 Å². The van der Waals surface area contributed by atoms with E-state index in [1.165, 1.54) is 32.1 Å². The normalized spacial score (nSPS) is 26.9. The Kier molecular flexibility index (Phi) is 5.57. The zero-order valence-corrected chi connectivity index (χ0v) is 16.2. The third kappa shape index (κ3) is 3.21. The molecule has 4 rings (SSSR count). The summed E-state index contributed by atoms with van der Waals surface area (Å²) in [7, 11) is 0. The van der Waals surface area contributed by atoms with Crippen LogP contribution in [-0.4, -0.2) is 6.61 Å². The topological polar surface area (TPSA) is 56.8 Å². The summed E-state index contributed by atoms with van der Waals surface area (Å²) in [6.07, 6.45) is 11.9. The number of nitrogens with zero attached hydrogens (tertiary/aromatic N) is 2. The minimum absolute atomic E-state index is 0.0914. The van der Waals surface area contributed by atoms with Gasteiger partial charge in [0.05, 0.1) is 12.2 Å². The van der Waals surface area contributed by atoms with Crippen molar-refractivity contribution in [3.05, 3.63) is 28.8 Å². The summed E-state index contributed by atoms with van der Waals surface area (Å²) in [5, 5.41) is 19.6. The molecule has 3 aliphatic carbocycles. The molecule has 0 amide bonds. The fourth-order valence-electron chi connectivity index (χ4n) is 5.27. The first-order valence-electron chi connectivity index (χ1n) is 10.2. The number of hydrogen-bond donors (Lipinski definition) is 0. The molecular weight excluding hydrogens is 320 g/mol. The highest BCUT2D eigenvalue weighted by Gasteiger charge is 2.49. The summed E-state index contributed by atoms with van der Waals surface area (Å²) in [5.41, 5.74) is 2.74. The molecule has 3 aliphatic rings. The molecule has 0 aliphatic heterocycles. The van der Waals surface area contributed by atoms with Gasteiger partial charge in [0.15, 0.2) is 0 Å². The number of rotatable bonds is 7. The van der Waals surface area contributed by atoms with Gasteiger partial charge < -0.3 is 4.74 Å². The van der Waals surface area contributed by atoms with E-state index in [-0.39, 0.29) is 5.41 Å². The van der Waals surface area contributed by atoms with Gasteiger partial charge in [0.1, 0.15) is 23.5 Å². The van der Waals surface area contributed by atoms with Crippen LogP contribution in [0.5, 0.6) is 5.75 Å². The average Bonchev–Trinajstić information content (AvgIpc) is 2.69. The summed E-state index contributed by atoms with van der Waals surface area (Å²) < 4.78 is 5.80. The third-order valence-corrected chi connectivity index (χ3v) is 6.90. The third-order valence-electron chi connectivity index (χ3n) is 6.90. The second-order valence-corrected chi connectivity index (χ2v) is 8.32. The second kappa shape index (κ2) is 7.71. The molecule has 0 saturated heterocycles. The van der Waals surface area contributed by atoms with Crippen LogP contribution in [0, 0.1) is 28.1 Å². The van der Waals surface area contributed by atoms with Crippen molar-refractivity contribution in [1.29, 1.82) is 10.5 Å². The van der Waals surface area contributed by atoms with Crippen molar-refractivity contribution < 1.29 is 4.74 Å². The highest BCUT2D eigenvalue weighted by Crippen LogP contribution is 2.60. The summed E-state index contributed by atoms with van der Waals surface area (Å²) in [4.78, 5) is 0. The van der Waals surface area contributed by atoms with Gasteiger partial charge in [-0.05, 0) is 73.8 Å². The Hall–Kier alpha value is -2.00. The molecular formula is C23H30N2O. The largest absolute Gasteiger partial charge is 0.492 e. The maximum atomic E-state index is 9.86. The monoisotopic (exact) mass is 350 g/mol. The van der Waals surface area contributed by atoms with E-state index in [9.17, 15) is 10.5 Å². The molecule has 0 atom stereocenters. The zero-order chi connectivity index (χ0) is 18.6. The second-order valence-electron chi connectivity index (χ2n) is 8.32. The predicted molar refractivity (Wildman–Crippen MR) is 103 cm³/mol. The van der Waals surface area contributed by atoms with Crippen LogP contribution in [0.2, 0.25) is 0 Å². The summed E-state index contributed by atoms with van der Waals surface area (Å²) in [6.45, 7) is 5.00. The van der Waals surface area contributed by atoms with Gasteiger partial charge in [0.25, 0.3) is 0 Å². The van der Waals surface area contributed by atoms with E-state index < -0.39 is 0 Å². The number of ether oxygens (including phenoxy) is 1. The molecule has 2 bridgehead atoms. The summed E-state index contributed by atoms with van der Waals surface area (Å²) in [6, 6.07) is 8.62. The van der Waals surface area contributed by atoms with Crippen molar-refractivity contribution in [3.63, 3.8) is 0 Å². The number of unbranched alkanes of at least 4 members (excludes halogenated alkanes) is 1. The van der Waals surface area contributed by atoms with Crippen LogP contribution in [-0.2, 0) is 5.41 Å². The quantitative estimate of drug-likeness (QED) is 0.567. The SMILES string of the molecule is CCCCOc1ccc(C23CCC(CCC)(CC2)CC3)c(C#N)c1C#N. The van der Waals surface area contributed by atoms with Crippen molar-refractivity contribution in [1.82, 2.24) is 0 Å². The Bertz CT molecular complexity index is 713. The lowest BCUT2D eigenvalue weighted by Crippen LogP contribution is -2.44. The number of fused-ring (bicyclic) bond motifs is 3. The number of hydrogen-bond acceptors (Lipinski definition) is 3. The lowest BCUT2D eigenvalue weighted by Gasteiger charge is -2.54. The molecule has 3 heteroatoms. The molecule has 0 radical (unpaired) electrons. The molecule has 138 valence electrons. The highest BCUT2D eigenvalue weighted by atomic mass is 16.5. The van der Waals surface area contributed by atoms with Crippen molar-refractivity contribution in [2.45, 2.75) is 83.5 Å².